The number of carbonyl (C=O) groups is 1. The highest BCUT2D eigenvalue weighted by molar-refractivity contribution is 5.92. The molecule has 2 aromatic rings. The number of rotatable bonds is 9. The van der Waals surface area contributed by atoms with Crippen molar-refractivity contribution in [3.8, 4) is 0 Å². The number of aryl methyl sites for hydroxylation is 1. The first-order valence-electron chi connectivity index (χ1n) is 10.3. The lowest BCUT2D eigenvalue weighted by Gasteiger charge is -2.28. The molecular weight excluding hydrogens is 334 g/mol. The third-order valence-corrected chi connectivity index (χ3v) is 4.81. The Morgan fingerprint density at radius 2 is 1.81 bits per heavy atom. The third kappa shape index (κ3) is 5.81. The molecular formula is C23H33N3O. The van der Waals surface area contributed by atoms with E-state index in [1.807, 2.05) is 43.4 Å². The van der Waals surface area contributed by atoms with Gasteiger partial charge in [-0.2, -0.15) is 0 Å². The molecule has 3 rings (SSSR count). The lowest BCUT2D eigenvalue weighted by molar-refractivity contribution is -0.126. The van der Waals surface area contributed by atoms with E-state index in [9.17, 15) is 4.79 Å². The highest BCUT2D eigenvalue weighted by Crippen LogP contribution is 2.36. The molecule has 1 aliphatic rings. The summed E-state index contributed by atoms with van der Waals surface area (Å²) >= 11 is 0. The first kappa shape index (κ1) is 20.9. The fourth-order valence-corrected chi connectivity index (χ4v) is 3.55. The molecule has 0 saturated heterocycles. The van der Waals surface area contributed by atoms with Crippen molar-refractivity contribution in [3.05, 3.63) is 66.3 Å². The van der Waals surface area contributed by atoms with Gasteiger partial charge in [-0.15, -0.1) is 0 Å². The first-order valence-corrected chi connectivity index (χ1v) is 10.3. The summed E-state index contributed by atoms with van der Waals surface area (Å²) in [6.07, 6.45) is 13.0. The number of carbonyl (C=O) groups excluding carboxylic acids is 1. The molecule has 2 heterocycles. The molecule has 1 aromatic carbocycles. The number of aromatic nitrogens is 2. The SMILES string of the molecule is CC.CCCCCC1=CC(=O)N(CCCn2ccnc2)C1c1ccccc1. The van der Waals surface area contributed by atoms with E-state index in [-0.39, 0.29) is 11.9 Å². The Labute approximate surface area is 163 Å². The molecule has 4 nitrogen and oxygen atoms in total. The summed E-state index contributed by atoms with van der Waals surface area (Å²) in [7, 11) is 0. The van der Waals surface area contributed by atoms with E-state index in [2.05, 4.69) is 40.7 Å². The first-order chi connectivity index (χ1) is 13.3. The Hall–Kier alpha value is -2.36. The molecule has 0 N–H and O–H groups in total. The summed E-state index contributed by atoms with van der Waals surface area (Å²) in [5.41, 5.74) is 2.49. The monoisotopic (exact) mass is 367 g/mol. The van der Waals surface area contributed by atoms with Crippen molar-refractivity contribution in [1.82, 2.24) is 14.5 Å². The number of benzene rings is 1. The maximum Gasteiger partial charge on any atom is 0.247 e. The third-order valence-electron chi connectivity index (χ3n) is 4.81. The molecule has 0 radical (unpaired) electrons. The number of nitrogens with zero attached hydrogens (tertiary/aromatic N) is 3. The van der Waals surface area contributed by atoms with E-state index in [1.54, 1.807) is 6.20 Å². The molecule has 0 saturated carbocycles. The van der Waals surface area contributed by atoms with Crippen LogP contribution in [0, 0.1) is 0 Å². The minimum absolute atomic E-state index is 0.105. The van der Waals surface area contributed by atoms with Crippen LogP contribution in [-0.4, -0.2) is 26.9 Å². The zero-order chi connectivity index (χ0) is 19.5. The molecule has 4 heteroatoms. The maximum absolute atomic E-state index is 12.6. The highest BCUT2D eigenvalue weighted by atomic mass is 16.2. The van der Waals surface area contributed by atoms with Crippen LogP contribution < -0.4 is 0 Å². The summed E-state index contributed by atoms with van der Waals surface area (Å²) in [6, 6.07) is 10.5. The van der Waals surface area contributed by atoms with Crippen LogP contribution in [0.1, 0.15) is 64.5 Å². The molecule has 1 aliphatic heterocycles. The molecule has 1 unspecified atom stereocenters. The van der Waals surface area contributed by atoms with Crippen LogP contribution in [0.5, 0.6) is 0 Å². The molecule has 27 heavy (non-hydrogen) atoms. The Bertz CT molecular complexity index is 692. The Kier molecular flexibility index (Phi) is 8.82. The van der Waals surface area contributed by atoms with Gasteiger partial charge in [0, 0.05) is 31.6 Å². The molecule has 0 aliphatic carbocycles. The van der Waals surface area contributed by atoms with Gasteiger partial charge in [0.1, 0.15) is 0 Å². The average Bonchev–Trinajstić information content (AvgIpc) is 3.33. The van der Waals surface area contributed by atoms with Crippen molar-refractivity contribution in [2.24, 2.45) is 0 Å². The number of imidazole rings is 1. The van der Waals surface area contributed by atoms with Crippen LogP contribution in [0.25, 0.3) is 0 Å². The number of amides is 1. The van der Waals surface area contributed by atoms with Gasteiger partial charge in [-0.05, 0) is 30.4 Å². The van der Waals surface area contributed by atoms with Crippen molar-refractivity contribution in [2.75, 3.05) is 6.54 Å². The minimum Gasteiger partial charge on any atom is -0.337 e. The van der Waals surface area contributed by atoms with Crippen LogP contribution in [0.4, 0.5) is 0 Å². The van der Waals surface area contributed by atoms with Crippen molar-refractivity contribution >= 4 is 5.91 Å². The van der Waals surface area contributed by atoms with Gasteiger partial charge in [0.2, 0.25) is 5.91 Å². The molecule has 1 amide bonds. The van der Waals surface area contributed by atoms with Gasteiger partial charge in [-0.25, -0.2) is 4.98 Å². The zero-order valence-corrected chi connectivity index (χ0v) is 17.0. The van der Waals surface area contributed by atoms with Crippen LogP contribution in [0.2, 0.25) is 0 Å². The lowest BCUT2D eigenvalue weighted by atomic mass is 9.95. The predicted octanol–water partition coefficient (Wildman–Crippen LogP) is 5.39. The van der Waals surface area contributed by atoms with Gasteiger partial charge in [0.15, 0.2) is 0 Å². The fourth-order valence-electron chi connectivity index (χ4n) is 3.55. The van der Waals surface area contributed by atoms with Crippen molar-refractivity contribution in [1.29, 1.82) is 0 Å². The standard InChI is InChI=1S/C21H27N3O.C2H6/c1-2-3-5-11-19-16-20(25)24(14-8-13-23-15-12-22-17-23)21(19)18-9-6-4-7-10-18;1-2/h4,6-7,9-10,12,15-17,21H,2-3,5,8,11,13-14H2,1H3;1-2H3. The van der Waals surface area contributed by atoms with Gasteiger partial charge in [0.25, 0.3) is 0 Å². The maximum atomic E-state index is 12.6. The zero-order valence-electron chi connectivity index (χ0n) is 17.0. The molecule has 0 fully saturated rings. The van der Waals surface area contributed by atoms with Crippen LogP contribution in [0.15, 0.2) is 60.7 Å². The van der Waals surface area contributed by atoms with E-state index in [0.29, 0.717) is 0 Å². The predicted molar refractivity (Wildman–Crippen MR) is 111 cm³/mol. The molecule has 0 spiro atoms. The van der Waals surface area contributed by atoms with Crippen molar-refractivity contribution < 1.29 is 4.79 Å². The van der Waals surface area contributed by atoms with E-state index < -0.39 is 0 Å². The lowest BCUT2D eigenvalue weighted by Crippen LogP contribution is -2.31. The topological polar surface area (TPSA) is 38.1 Å². The van der Waals surface area contributed by atoms with Crippen LogP contribution in [-0.2, 0) is 11.3 Å². The fraction of sp³-hybridized carbons (Fsp3) is 0.478. The smallest absolute Gasteiger partial charge is 0.247 e. The van der Waals surface area contributed by atoms with E-state index >= 15 is 0 Å². The van der Waals surface area contributed by atoms with E-state index in [4.69, 9.17) is 0 Å². The van der Waals surface area contributed by atoms with Crippen LogP contribution in [0.3, 0.4) is 0 Å². The van der Waals surface area contributed by atoms with E-state index in [0.717, 1.165) is 32.4 Å². The average molecular weight is 368 g/mol. The molecule has 146 valence electrons. The van der Waals surface area contributed by atoms with Gasteiger partial charge in [-0.1, -0.05) is 63.9 Å². The number of hydrogen-bond donors (Lipinski definition) is 0. The quantitative estimate of drug-likeness (QED) is 0.557. The summed E-state index contributed by atoms with van der Waals surface area (Å²) in [4.78, 5) is 18.7. The highest BCUT2D eigenvalue weighted by Gasteiger charge is 2.32. The van der Waals surface area contributed by atoms with Crippen molar-refractivity contribution in [2.45, 2.75) is 65.5 Å². The summed E-state index contributed by atoms with van der Waals surface area (Å²) in [6.45, 7) is 7.87. The Morgan fingerprint density at radius 3 is 2.48 bits per heavy atom. The summed E-state index contributed by atoms with van der Waals surface area (Å²) < 4.78 is 2.06. The Morgan fingerprint density at radius 1 is 1.04 bits per heavy atom. The van der Waals surface area contributed by atoms with Crippen LogP contribution >= 0.6 is 0 Å². The molecule has 1 aromatic heterocycles. The van der Waals surface area contributed by atoms with Gasteiger partial charge in [0.05, 0.1) is 12.4 Å². The molecule has 1 atom stereocenters. The second kappa shape index (κ2) is 11.4. The second-order valence-electron chi connectivity index (χ2n) is 6.68. The van der Waals surface area contributed by atoms with Gasteiger partial charge < -0.3 is 9.47 Å². The number of unbranched alkanes of at least 4 members (excludes halogenated alkanes) is 2. The minimum atomic E-state index is 0.105. The Balaban J connectivity index is 0.00000126. The van der Waals surface area contributed by atoms with Gasteiger partial charge in [-0.3, -0.25) is 4.79 Å². The molecule has 0 bridgehead atoms. The normalized spacial score (nSPS) is 16.1. The van der Waals surface area contributed by atoms with E-state index in [1.165, 1.54) is 24.0 Å². The van der Waals surface area contributed by atoms with Crippen molar-refractivity contribution in [3.63, 3.8) is 0 Å². The number of hydrogen-bond acceptors (Lipinski definition) is 2. The van der Waals surface area contributed by atoms with Gasteiger partial charge >= 0.3 is 0 Å². The second-order valence-corrected chi connectivity index (χ2v) is 6.68. The largest absolute Gasteiger partial charge is 0.337 e. The summed E-state index contributed by atoms with van der Waals surface area (Å²) in [5, 5.41) is 0. The summed E-state index contributed by atoms with van der Waals surface area (Å²) in [5.74, 6) is 0.158.